The standard InChI is InChI=1S/C15H13F2N/c16-12-5-6-14(17)11(7-12)8-15-13-4-2-1-3-10(13)9-18-15/h1-7,15,18H,8-9H2. The molecule has 0 aromatic heterocycles. The van der Waals surface area contributed by atoms with Crippen molar-refractivity contribution in [1.29, 1.82) is 0 Å². The van der Waals surface area contributed by atoms with Crippen molar-refractivity contribution in [2.24, 2.45) is 0 Å². The predicted octanol–water partition coefficient (Wildman–Crippen LogP) is 3.35. The van der Waals surface area contributed by atoms with Gasteiger partial charge in [-0.1, -0.05) is 24.3 Å². The molecule has 0 saturated carbocycles. The lowest BCUT2D eigenvalue weighted by Crippen LogP contribution is -2.15. The van der Waals surface area contributed by atoms with Crippen LogP contribution in [0.2, 0.25) is 0 Å². The minimum Gasteiger partial charge on any atom is -0.306 e. The van der Waals surface area contributed by atoms with Gasteiger partial charge in [-0.05, 0) is 41.3 Å². The first-order valence-corrected chi connectivity index (χ1v) is 5.99. The molecule has 0 amide bonds. The van der Waals surface area contributed by atoms with Crippen LogP contribution >= 0.6 is 0 Å². The van der Waals surface area contributed by atoms with Crippen LogP contribution in [0.25, 0.3) is 0 Å². The quantitative estimate of drug-likeness (QED) is 0.855. The van der Waals surface area contributed by atoms with Gasteiger partial charge in [-0.3, -0.25) is 0 Å². The summed E-state index contributed by atoms with van der Waals surface area (Å²) in [4.78, 5) is 0. The van der Waals surface area contributed by atoms with E-state index in [0.29, 0.717) is 12.0 Å². The molecule has 0 saturated heterocycles. The predicted molar refractivity (Wildman–Crippen MR) is 66.1 cm³/mol. The van der Waals surface area contributed by atoms with E-state index in [1.54, 1.807) is 0 Å². The lowest BCUT2D eigenvalue weighted by Gasteiger charge is -2.12. The highest BCUT2D eigenvalue weighted by molar-refractivity contribution is 5.35. The van der Waals surface area contributed by atoms with Crippen LogP contribution < -0.4 is 5.32 Å². The summed E-state index contributed by atoms with van der Waals surface area (Å²) in [5, 5.41) is 3.33. The monoisotopic (exact) mass is 245 g/mol. The van der Waals surface area contributed by atoms with Crippen LogP contribution in [-0.2, 0) is 13.0 Å². The normalized spacial score (nSPS) is 17.8. The van der Waals surface area contributed by atoms with Crippen LogP contribution in [0.3, 0.4) is 0 Å². The number of hydrogen-bond acceptors (Lipinski definition) is 1. The Kier molecular flexibility index (Phi) is 2.84. The molecule has 1 unspecified atom stereocenters. The third-order valence-corrected chi connectivity index (χ3v) is 3.40. The van der Waals surface area contributed by atoms with Crippen LogP contribution in [-0.4, -0.2) is 0 Å². The highest BCUT2D eigenvalue weighted by Gasteiger charge is 2.22. The maximum absolute atomic E-state index is 13.6. The zero-order valence-corrected chi connectivity index (χ0v) is 9.79. The van der Waals surface area contributed by atoms with Crippen molar-refractivity contribution in [2.45, 2.75) is 19.0 Å². The molecular formula is C15H13F2N. The van der Waals surface area contributed by atoms with Gasteiger partial charge in [0.05, 0.1) is 0 Å². The second-order valence-corrected chi connectivity index (χ2v) is 4.57. The number of fused-ring (bicyclic) bond motifs is 1. The van der Waals surface area contributed by atoms with Gasteiger partial charge < -0.3 is 5.32 Å². The van der Waals surface area contributed by atoms with Crippen LogP contribution in [0.1, 0.15) is 22.7 Å². The molecule has 18 heavy (non-hydrogen) atoms. The van der Waals surface area contributed by atoms with Gasteiger partial charge in [-0.25, -0.2) is 8.78 Å². The van der Waals surface area contributed by atoms with Gasteiger partial charge in [0.15, 0.2) is 0 Å². The van der Waals surface area contributed by atoms with Crippen molar-refractivity contribution in [1.82, 2.24) is 5.32 Å². The molecule has 3 heteroatoms. The zero-order chi connectivity index (χ0) is 12.5. The van der Waals surface area contributed by atoms with E-state index < -0.39 is 5.82 Å². The molecule has 0 fully saturated rings. The molecule has 0 radical (unpaired) electrons. The van der Waals surface area contributed by atoms with Gasteiger partial charge in [0, 0.05) is 12.6 Å². The van der Waals surface area contributed by atoms with Crippen LogP contribution in [0, 0.1) is 11.6 Å². The van der Waals surface area contributed by atoms with Crippen molar-refractivity contribution in [3.05, 3.63) is 70.8 Å². The molecular weight excluding hydrogens is 232 g/mol. The first-order valence-electron chi connectivity index (χ1n) is 5.99. The minimum absolute atomic E-state index is 0.0671. The van der Waals surface area contributed by atoms with E-state index in [1.807, 2.05) is 18.2 Å². The number of benzene rings is 2. The second kappa shape index (κ2) is 4.50. The summed E-state index contributed by atoms with van der Waals surface area (Å²) < 4.78 is 26.7. The van der Waals surface area contributed by atoms with E-state index >= 15 is 0 Å². The van der Waals surface area contributed by atoms with E-state index in [-0.39, 0.29) is 11.9 Å². The SMILES string of the molecule is Fc1ccc(F)c(CC2NCc3ccccc32)c1. The third-order valence-electron chi connectivity index (χ3n) is 3.40. The van der Waals surface area contributed by atoms with Gasteiger partial charge in [0.2, 0.25) is 0 Å². The minimum atomic E-state index is -0.391. The van der Waals surface area contributed by atoms with E-state index in [2.05, 4.69) is 11.4 Å². The third kappa shape index (κ3) is 2.02. The van der Waals surface area contributed by atoms with Crippen molar-refractivity contribution < 1.29 is 8.78 Å². The largest absolute Gasteiger partial charge is 0.306 e. The Hall–Kier alpha value is -1.74. The van der Waals surface area contributed by atoms with Gasteiger partial charge in [0.1, 0.15) is 11.6 Å². The second-order valence-electron chi connectivity index (χ2n) is 4.57. The summed E-state index contributed by atoms with van der Waals surface area (Å²) in [7, 11) is 0. The molecule has 1 nitrogen and oxygen atoms in total. The Balaban J connectivity index is 1.88. The Morgan fingerprint density at radius 3 is 2.83 bits per heavy atom. The molecule has 1 N–H and O–H groups in total. The molecule has 0 bridgehead atoms. The Bertz CT molecular complexity index is 580. The van der Waals surface area contributed by atoms with E-state index in [1.165, 1.54) is 23.3 Å². The molecule has 0 spiro atoms. The smallest absolute Gasteiger partial charge is 0.126 e. The molecule has 92 valence electrons. The van der Waals surface area contributed by atoms with Crippen molar-refractivity contribution >= 4 is 0 Å². The van der Waals surface area contributed by atoms with Crippen LogP contribution in [0.4, 0.5) is 8.78 Å². The van der Waals surface area contributed by atoms with Gasteiger partial charge in [0.25, 0.3) is 0 Å². The first kappa shape index (κ1) is 11.4. The maximum Gasteiger partial charge on any atom is 0.126 e. The summed E-state index contributed by atoms with van der Waals surface area (Å²) in [6.45, 7) is 0.789. The summed E-state index contributed by atoms with van der Waals surface area (Å²) in [6, 6.07) is 11.7. The maximum atomic E-state index is 13.6. The fourth-order valence-electron chi connectivity index (χ4n) is 2.48. The van der Waals surface area contributed by atoms with Gasteiger partial charge >= 0.3 is 0 Å². The van der Waals surface area contributed by atoms with Gasteiger partial charge in [-0.15, -0.1) is 0 Å². The molecule has 0 aliphatic carbocycles. The number of nitrogens with one attached hydrogen (secondary N) is 1. The Morgan fingerprint density at radius 2 is 1.94 bits per heavy atom. The number of hydrogen-bond donors (Lipinski definition) is 1. The van der Waals surface area contributed by atoms with E-state index in [9.17, 15) is 8.78 Å². The average molecular weight is 245 g/mol. The highest BCUT2D eigenvalue weighted by atomic mass is 19.1. The molecule has 1 heterocycles. The summed E-state index contributed by atoms with van der Waals surface area (Å²) in [5.41, 5.74) is 2.84. The molecule has 2 aromatic rings. The molecule has 2 aromatic carbocycles. The van der Waals surface area contributed by atoms with Gasteiger partial charge in [-0.2, -0.15) is 0 Å². The highest BCUT2D eigenvalue weighted by Crippen LogP contribution is 2.28. The lowest BCUT2D eigenvalue weighted by molar-refractivity contribution is 0.540. The van der Waals surface area contributed by atoms with E-state index in [4.69, 9.17) is 0 Å². The molecule has 3 rings (SSSR count). The molecule has 1 atom stereocenters. The topological polar surface area (TPSA) is 12.0 Å². The van der Waals surface area contributed by atoms with E-state index in [0.717, 1.165) is 12.6 Å². The number of rotatable bonds is 2. The van der Waals surface area contributed by atoms with Crippen LogP contribution in [0.5, 0.6) is 0 Å². The molecule has 1 aliphatic heterocycles. The summed E-state index contributed by atoms with van der Waals surface area (Å²) >= 11 is 0. The van der Waals surface area contributed by atoms with Crippen molar-refractivity contribution in [2.75, 3.05) is 0 Å². The Labute approximate surface area is 104 Å². The zero-order valence-electron chi connectivity index (χ0n) is 9.79. The Morgan fingerprint density at radius 1 is 1.11 bits per heavy atom. The van der Waals surface area contributed by atoms with Crippen molar-refractivity contribution in [3.63, 3.8) is 0 Å². The fourth-order valence-corrected chi connectivity index (χ4v) is 2.48. The fraction of sp³-hybridized carbons (Fsp3) is 0.200. The van der Waals surface area contributed by atoms with Crippen LogP contribution in [0.15, 0.2) is 42.5 Å². The first-order chi connectivity index (χ1) is 8.74. The lowest BCUT2D eigenvalue weighted by atomic mass is 9.98. The average Bonchev–Trinajstić information content (AvgIpc) is 2.78. The number of halogens is 2. The summed E-state index contributed by atoms with van der Waals surface area (Å²) in [5.74, 6) is -0.736. The van der Waals surface area contributed by atoms with Crippen molar-refractivity contribution in [3.8, 4) is 0 Å². The summed E-state index contributed by atoms with van der Waals surface area (Å²) in [6.07, 6.45) is 0.473. The molecule has 1 aliphatic rings.